The van der Waals surface area contributed by atoms with E-state index in [9.17, 15) is 5.11 Å². The number of rotatable bonds is 5. The van der Waals surface area contributed by atoms with Gasteiger partial charge in [-0.15, -0.1) is 0 Å². The first-order chi connectivity index (χ1) is 8.47. The fraction of sp³-hybridized carbons (Fsp3) is 0.538. The summed E-state index contributed by atoms with van der Waals surface area (Å²) in [5, 5.41) is 9.66. The quantitative estimate of drug-likeness (QED) is 0.865. The van der Waals surface area contributed by atoms with Crippen molar-refractivity contribution in [2.24, 2.45) is 5.73 Å². The van der Waals surface area contributed by atoms with E-state index in [1.54, 1.807) is 20.3 Å². The van der Waals surface area contributed by atoms with Gasteiger partial charge < -0.3 is 20.3 Å². The van der Waals surface area contributed by atoms with E-state index in [1.165, 1.54) is 0 Å². The van der Waals surface area contributed by atoms with Gasteiger partial charge in [0, 0.05) is 5.56 Å². The summed E-state index contributed by atoms with van der Waals surface area (Å²) in [5.41, 5.74) is 7.62. The van der Waals surface area contributed by atoms with Crippen LogP contribution in [0.3, 0.4) is 0 Å². The number of aliphatic hydroxyl groups is 1. The molecule has 1 aromatic carbocycles. The zero-order valence-electron chi connectivity index (χ0n) is 11.2. The van der Waals surface area contributed by atoms with Crippen LogP contribution in [0.5, 0.6) is 11.5 Å². The van der Waals surface area contributed by atoms with Gasteiger partial charge in [-0.2, -0.15) is 0 Å². The van der Waals surface area contributed by atoms with Crippen molar-refractivity contribution in [3.63, 3.8) is 0 Å². The fourth-order valence-electron chi connectivity index (χ4n) is 2.04. The van der Waals surface area contributed by atoms with E-state index >= 15 is 0 Å². The van der Waals surface area contributed by atoms with Gasteiger partial charge >= 0.3 is 0 Å². The van der Waals surface area contributed by atoms with Crippen molar-refractivity contribution in [2.45, 2.75) is 25.8 Å². The van der Waals surface area contributed by atoms with Gasteiger partial charge in [0.15, 0.2) is 11.5 Å². The smallest absolute Gasteiger partial charge is 0.179 e. The molecule has 1 aromatic rings. The largest absolute Gasteiger partial charge is 0.492 e. The molecule has 0 aliphatic heterocycles. The first-order valence-corrected chi connectivity index (χ1v) is 6.16. The van der Waals surface area contributed by atoms with Crippen molar-refractivity contribution in [2.75, 3.05) is 20.8 Å². The Hall–Kier alpha value is -0.970. The second kappa shape index (κ2) is 6.27. The zero-order chi connectivity index (χ0) is 13.9. The van der Waals surface area contributed by atoms with Crippen LogP contribution in [0.2, 0.25) is 5.02 Å². The Balaban J connectivity index is 3.57. The number of hydrogen-bond donors (Lipinski definition) is 2. The van der Waals surface area contributed by atoms with Gasteiger partial charge in [0.2, 0.25) is 0 Å². The number of halogens is 1. The Labute approximate surface area is 113 Å². The third kappa shape index (κ3) is 2.71. The number of aliphatic hydroxyl groups excluding tert-OH is 1. The van der Waals surface area contributed by atoms with Crippen molar-refractivity contribution in [3.05, 3.63) is 22.2 Å². The first kappa shape index (κ1) is 15.1. The molecule has 0 heterocycles. The molecule has 1 rings (SSSR count). The summed E-state index contributed by atoms with van der Waals surface area (Å²) >= 11 is 6.15. The molecule has 0 amide bonds. The van der Waals surface area contributed by atoms with E-state index in [0.717, 1.165) is 11.1 Å². The standard InChI is InChI=1S/C13H20ClNO3/c1-7(2)11-8(10(15)6-16)5-9(14)12(17-3)13(11)18-4/h5,7,10,16H,6,15H2,1-4H3. The van der Waals surface area contributed by atoms with Gasteiger partial charge in [0.05, 0.1) is 31.9 Å². The van der Waals surface area contributed by atoms with E-state index in [0.29, 0.717) is 16.5 Å². The first-order valence-electron chi connectivity index (χ1n) is 5.78. The van der Waals surface area contributed by atoms with Gasteiger partial charge in [-0.05, 0) is 17.5 Å². The van der Waals surface area contributed by atoms with Crippen LogP contribution in [0.25, 0.3) is 0 Å². The molecule has 0 saturated heterocycles. The summed E-state index contributed by atoms with van der Waals surface area (Å²) < 4.78 is 10.7. The summed E-state index contributed by atoms with van der Waals surface area (Å²) in [6.45, 7) is 3.91. The number of nitrogens with two attached hydrogens (primary N) is 1. The third-order valence-corrected chi connectivity index (χ3v) is 3.12. The minimum Gasteiger partial charge on any atom is -0.492 e. The summed E-state index contributed by atoms with van der Waals surface area (Å²) in [4.78, 5) is 0. The van der Waals surface area contributed by atoms with Gasteiger partial charge in [-0.25, -0.2) is 0 Å². The number of hydrogen-bond acceptors (Lipinski definition) is 4. The van der Waals surface area contributed by atoms with Gasteiger partial charge in [0.1, 0.15) is 0 Å². The number of ether oxygens (including phenoxy) is 2. The van der Waals surface area contributed by atoms with Gasteiger partial charge in [0.25, 0.3) is 0 Å². The highest BCUT2D eigenvalue weighted by Gasteiger charge is 2.23. The molecular formula is C13H20ClNO3. The molecule has 3 N–H and O–H groups in total. The maximum Gasteiger partial charge on any atom is 0.179 e. The molecule has 0 fully saturated rings. The van der Waals surface area contributed by atoms with Crippen LogP contribution in [-0.2, 0) is 0 Å². The normalized spacial score (nSPS) is 12.7. The molecule has 1 atom stereocenters. The lowest BCUT2D eigenvalue weighted by atomic mass is 9.91. The predicted molar refractivity (Wildman–Crippen MR) is 72.7 cm³/mol. The van der Waals surface area contributed by atoms with Crippen LogP contribution in [-0.4, -0.2) is 25.9 Å². The number of methoxy groups -OCH3 is 2. The molecule has 0 radical (unpaired) electrons. The molecule has 0 spiro atoms. The van der Waals surface area contributed by atoms with Gasteiger partial charge in [-0.3, -0.25) is 0 Å². The Bertz CT molecular complexity index is 421. The van der Waals surface area contributed by atoms with Crippen LogP contribution in [0, 0.1) is 0 Å². The van der Waals surface area contributed by atoms with Crippen LogP contribution in [0.1, 0.15) is 36.9 Å². The van der Waals surface area contributed by atoms with Crippen molar-refractivity contribution >= 4 is 11.6 Å². The molecular weight excluding hydrogens is 254 g/mol. The lowest BCUT2D eigenvalue weighted by molar-refractivity contribution is 0.266. The monoisotopic (exact) mass is 273 g/mol. The van der Waals surface area contributed by atoms with E-state index in [1.807, 2.05) is 13.8 Å². The summed E-state index contributed by atoms with van der Waals surface area (Å²) in [5.74, 6) is 1.26. The van der Waals surface area contributed by atoms with E-state index in [-0.39, 0.29) is 12.5 Å². The second-order valence-corrected chi connectivity index (χ2v) is 4.78. The van der Waals surface area contributed by atoms with Crippen molar-refractivity contribution in [3.8, 4) is 11.5 Å². The number of benzene rings is 1. The highest BCUT2D eigenvalue weighted by atomic mass is 35.5. The zero-order valence-corrected chi connectivity index (χ0v) is 11.9. The Morgan fingerprint density at radius 2 is 1.83 bits per heavy atom. The summed E-state index contributed by atoms with van der Waals surface area (Å²) in [7, 11) is 3.10. The molecule has 18 heavy (non-hydrogen) atoms. The average Bonchev–Trinajstić information content (AvgIpc) is 2.35. The predicted octanol–water partition coefficient (Wildman–Crippen LogP) is 2.47. The molecule has 0 aromatic heterocycles. The summed E-state index contributed by atoms with van der Waals surface area (Å²) in [6.07, 6.45) is 0. The van der Waals surface area contributed by atoms with Crippen LogP contribution < -0.4 is 15.2 Å². The second-order valence-electron chi connectivity index (χ2n) is 4.37. The minimum absolute atomic E-state index is 0.147. The van der Waals surface area contributed by atoms with Crippen LogP contribution in [0.15, 0.2) is 6.07 Å². The minimum atomic E-state index is -0.486. The van der Waals surface area contributed by atoms with E-state index in [4.69, 9.17) is 26.8 Å². The van der Waals surface area contributed by atoms with Crippen LogP contribution >= 0.6 is 11.6 Å². The van der Waals surface area contributed by atoms with E-state index in [2.05, 4.69) is 0 Å². The maximum atomic E-state index is 9.24. The molecule has 1 unspecified atom stereocenters. The molecule has 0 bridgehead atoms. The lowest BCUT2D eigenvalue weighted by Gasteiger charge is -2.23. The topological polar surface area (TPSA) is 64.7 Å². The highest BCUT2D eigenvalue weighted by molar-refractivity contribution is 6.32. The lowest BCUT2D eigenvalue weighted by Crippen LogP contribution is -2.18. The van der Waals surface area contributed by atoms with Crippen LogP contribution in [0.4, 0.5) is 0 Å². The Morgan fingerprint density at radius 3 is 2.22 bits per heavy atom. The van der Waals surface area contributed by atoms with Crippen molar-refractivity contribution in [1.29, 1.82) is 0 Å². The molecule has 102 valence electrons. The maximum absolute atomic E-state index is 9.24. The molecule has 0 aliphatic carbocycles. The van der Waals surface area contributed by atoms with Gasteiger partial charge in [-0.1, -0.05) is 25.4 Å². The molecule has 0 saturated carbocycles. The third-order valence-electron chi connectivity index (χ3n) is 2.84. The molecule has 5 heteroatoms. The highest BCUT2D eigenvalue weighted by Crippen LogP contribution is 2.44. The molecule has 0 aliphatic rings. The average molecular weight is 274 g/mol. The Morgan fingerprint density at radius 1 is 1.28 bits per heavy atom. The Kier molecular flexibility index (Phi) is 5.26. The SMILES string of the molecule is COc1c(Cl)cc(C(N)CO)c(C(C)C)c1OC. The summed E-state index contributed by atoms with van der Waals surface area (Å²) in [6, 6.07) is 1.25. The fourth-order valence-corrected chi connectivity index (χ4v) is 2.32. The van der Waals surface area contributed by atoms with Crippen molar-refractivity contribution < 1.29 is 14.6 Å². The van der Waals surface area contributed by atoms with E-state index < -0.39 is 6.04 Å². The molecule has 4 nitrogen and oxygen atoms in total. The van der Waals surface area contributed by atoms with Crippen molar-refractivity contribution in [1.82, 2.24) is 0 Å².